The summed E-state index contributed by atoms with van der Waals surface area (Å²) in [5, 5.41) is 6.39. The maximum Gasteiger partial charge on any atom is 0.252 e. The molecule has 3 aromatic rings. The summed E-state index contributed by atoms with van der Waals surface area (Å²) in [6, 6.07) is 5.17. The molecule has 1 amide bonds. The lowest BCUT2D eigenvalue weighted by Crippen LogP contribution is -2.29. The van der Waals surface area contributed by atoms with Crippen molar-refractivity contribution in [2.45, 2.75) is 37.0 Å². The van der Waals surface area contributed by atoms with E-state index in [1.54, 1.807) is 39.2 Å². The largest absolute Gasteiger partial charge is 0.342 e. The Morgan fingerprint density at radius 1 is 1.10 bits per heavy atom. The third kappa shape index (κ3) is 4.43. The smallest absolute Gasteiger partial charge is 0.252 e. The van der Waals surface area contributed by atoms with Gasteiger partial charge in [-0.05, 0) is 45.0 Å². The number of rotatable bonds is 6. The second-order valence-corrected chi connectivity index (χ2v) is 9.48. The number of carbonyl (C=O) groups is 1. The van der Waals surface area contributed by atoms with Crippen LogP contribution in [0.1, 0.15) is 43.0 Å². The molecule has 1 unspecified atom stereocenters. The van der Waals surface area contributed by atoms with Crippen molar-refractivity contribution in [2.24, 2.45) is 0 Å². The molecule has 1 N–H and O–H groups in total. The van der Waals surface area contributed by atoms with Gasteiger partial charge in [-0.15, -0.1) is 0 Å². The van der Waals surface area contributed by atoms with Crippen LogP contribution < -0.4 is 5.32 Å². The van der Waals surface area contributed by atoms with Crippen LogP contribution in [-0.4, -0.2) is 44.3 Å². The number of benzene rings is 1. The Kier molecular flexibility index (Phi) is 5.94. The van der Waals surface area contributed by atoms with Gasteiger partial charge in [0.15, 0.2) is 15.7 Å². The van der Waals surface area contributed by atoms with Gasteiger partial charge in [-0.2, -0.15) is 9.78 Å². The van der Waals surface area contributed by atoms with Crippen LogP contribution in [0.15, 0.2) is 47.9 Å². The third-order valence-electron chi connectivity index (χ3n) is 4.13. The normalized spacial score (nSPS) is 12.7. The van der Waals surface area contributed by atoms with E-state index in [1.807, 2.05) is 0 Å². The van der Waals surface area contributed by atoms with Gasteiger partial charge >= 0.3 is 0 Å². The van der Waals surface area contributed by atoms with E-state index >= 15 is 0 Å². The summed E-state index contributed by atoms with van der Waals surface area (Å²) in [5.74, 6) is 0.236. The number of halogens is 1. The molecule has 0 aliphatic carbocycles. The van der Waals surface area contributed by atoms with Gasteiger partial charge in [0.1, 0.15) is 6.33 Å². The topological polar surface area (TPSA) is 120 Å². The van der Waals surface area contributed by atoms with E-state index in [1.165, 1.54) is 29.2 Å². The number of nitrogens with zero attached hydrogens (tertiary/aromatic N) is 5. The number of aromatic nitrogens is 5. The summed E-state index contributed by atoms with van der Waals surface area (Å²) in [5.41, 5.74) is 0.130. The predicted octanol–water partition coefficient (Wildman–Crippen LogP) is 2.38. The second kappa shape index (κ2) is 8.26. The Morgan fingerprint density at radius 2 is 1.79 bits per heavy atom. The van der Waals surface area contributed by atoms with Crippen LogP contribution in [0.2, 0.25) is 5.02 Å². The fourth-order valence-corrected chi connectivity index (χ4v) is 4.00. The van der Waals surface area contributed by atoms with Gasteiger partial charge in [0.05, 0.1) is 16.2 Å². The lowest BCUT2D eigenvalue weighted by molar-refractivity contribution is 0.0937. The van der Waals surface area contributed by atoms with Gasteiger partial charge in [-0.1, -0.05) is 11.6 Å². The number of nitrogens with one attached hydrogen (secondary N) is 1. The Bertz CT molecular complexity index is 1130. The summed E-state index contributed by atoms with van der Waals surface area (Å²) in [6.07, 6.45) is 4.47. The quantitative estimate of drug-likeness (QED) is 0.632. The van der Waals surface area contributed by atoms with Crippen LogP contribution in [0.3, 0.4) is 0 Å². The average molecular weight is 435 g/mol. The SMILES string of the molecule is CC(NC(=O)c1cc(Cl)cc(S(=O)(=O)C(C)C)c1)c1ncnn1-c1ncccn1. The Hall–Kier alpha value is -2.85. The second-order valence-electron chi connectivity index (χ2n) is 6.54. The van der Waals surface area contributed by atoms with Gasteiger partial charge in [0.2, 0.25) is 0 Å². The summed E-state index contributed by atoms with van der Waals surface area (Å²) >= 11 is 6.06. The molecule has 0 bridgehead atoms. The van der Waals surface area contributed by atoms with Crippen LogP contribution in [-0.2, 0) is 9.84 Å². The zero-order valence-corrected chi connectivity index (χ0v) is 17.5. The highest BCUT2D eigenvalue weighted by Gasteiger charge is 2.23. The molecule has 3 rings (SSSR count). The molecule has 0 fully saturated rings. The molecule has 9 nitrogen and oxygen atoms in total. The maximum absolute atomic E-state index is 12.7. The zero-order valence-electron chi connectivity index (χ0n) is 15.9. The molecule has 1 atom stereocenters. The lowest BCUT2D eigenvalue weighted by Gasteiger charge is -2.15. The van der Waals surface area contributed by atoms with Gasteiger partial charge in [-0.25, -0.2) is 23.4 Å². The molecule has 152 valence electrons. The third-order valence-corrected chi connectivity index (χ3v) is 6.49. The average Bonchev–Trinajstić information content (AvgIpc) is 3.18. The number of hydrogen-bond donors (Lipinski definition) is 1. The van der Waals surface area contributed by atoms with Crippen LogP contribution in [0.4, 0.5) is 0 Å². The van der Waals surface area contributed by atoms with Gasteiger partial charge in [-0.3, -0.25) is 4.79 Å². The van der Waals surface area contributed by atoms with Crippen molar-refractivity contribution >= 4 is 27.3 Å². The van der Waals surface area contributed by atoms with Crippen LogP contribution in [0, 0.1) is 0 Å². The molecule has 29 heavy (non-hydrogen) atoms. The van der Waals surface area contributed by atoms with E-state index in [2.05, 4.69) is 25.4 Å². The van der Waals surface area contributed by atoms with Crippen molar-refractivity contribution in [1.29, 1.82) is 0 Å². The van der Waals surface area contributed by atoms with E-state index in [-0.39, 0.29) is 15.5 Å². The molecule has 0 aliphatic rings. The lowest BCUT2D eigenvalue weighted by atomic mass is 10.2. The van der Waals surface area contributed by atoms with Crippen molar-refractivity contribution in [3.8, 4) is 5.95 Å². The van der Waals surface area contributed by atoms with E-state index in [0.717, 1.165) is 0 Å². The summed E-state index contributed by atoms with van der Waals surface area (Å²) < 4.78 is 26.3. The molecule has 2 heterocycles. The number of carbonyl (C=O) groups excluding carboxylic acids is 1. The Morgan fingerprint density at radius 3 is 2.45 bits per heavy atom. The van der Waals surface area contributed by atoms with Crippen molar-refractivity contribution in [3.05, 3.63) is 59.4 Å². The van der Waals surface area contributed by atoms with E-state index < -0.39 is 27.0 Å². The highest BCUT2D eigenvalue weighted by Crippen LogP contribution is 2.23. The van der Waals surface area contributed by atoms with Crippen LogP contribution in [0.5, 0.6) is 0 Å². The molecule has 0 saturated heterocycles. The van der Waals surface area contributed by atoms with Crippen LogP contribution in [0.25, 0.3) is 5.95 Å². The standard InChI is InChI=1S/C18H19ClN6O3S/c1-11(2)29(27,28)15-8-13(7-14(19)9-15)17(26)24-12(3)16-22-10-23-25(16)18-20-5-4-6-21-18/h4-12H,1-3H3,(H,24,26). The number of amides is 1. The summed E-state index contributed by atoms with van der Waals surface area (Å²) in [6.45, 7) is 4.85. The molecule has 1 aromatic carbocycles. The number of hydrogen-bond acceptors (Lipinski definition) is 7. The fourth-order valence-electron chi connectivity index (χ4n) is 2.58. The molecular weight excluding hydrogens is 416 g/mol. The summed E-state index contributed by atoms with van der Waals surface area (Å²) in [4.78, 5) is 25.2. The first-order valence-corrected chi connectivity index (χ1v) is 10.6. The molecule has 0 aliphatic heterocycles. The Balaban J connectivity index is 1.87. The Labute approximate surface area is 173 Å². The van der Waals surface area contributed by atoms with Gasteiger partial charge in [0, 0.05) is 23.0 Å². The first-order chi connectivity index (χ1) is 13.7. The van der Waals surface area contributed by atoms with E-state index in [4.69, 9.17) is 11.6 Å². The van der Waals surface area contributed by atoms with E-state index in [0.29, 0.717) is 11.8 Å². The molecular formula is C18H19ClN6O3S. The van der Waals surface area contributed by atoms with Crippen molar-refractivity contribution in [1.82, 2.24) is 30.0 Å². The fraction of sp³-hybridized carbons (Fsp3) is 0.278. The van der Waals surface area contributed by atoms with Crippen molar-refractivity contribution in [3.63, 3.8) is 0 Å². The first-order valence-electron chi connectivity index (χ1n) is 8.73. The monoisotopic (exact) mass is 434 g/mol. The molecule has 0 spiro atoms. The maximum atomic E-state index is 12.7. The zero-order chi connectivity index (χ0) is 21.2. The minimum atomic E-state index is -3.58. The van der Waals surface area contributed by atoms with Gasteiger partial charge < -0.3 is 5.32 Å². The molecule has 0 radical (unpaired) electrons. The van der Waals surface area contributed by atoms with Gasteiger partial charge in [0.25, 0.3) is 11.9 Å². The minimum Gasteiger partial charge on any atom is -0.342 e. The molecule has 2 aromatic heterocycles. The summed E-state index contributed by atoms with van der Waals surface area (Å²) in [7, 11) is -3.58. The predicted molar refractivity (Wildman–Crippen MR) is 107 cm³/mol. The molecule has 0 saturated carbocycles. The highest BCUT2D eigenvalue weighted by molar-refractivity contribution is 7.92. The molecule has 11 heteroatoms. The first kappa shape index (κ1) is 20.9. The van der Waals surface area contributed by atoms with Crippen LogP contribution >= 0.6 is 11.6 Å². The van der Waals surface area contributed by atoms with E-state index in [9.17, 15) is 13.2 Å². The van der Waals surface area contributed by atoms with Crippen molar-refractivity contribution < 1.29 is 13.2 Å². The minimum absolute atomic E-state index is 0.00124. The highest BCUT2D eigenvalue weighted by atomic mass is 35.5. The van der Waals surface area contributed by atoms with Crippen molar-refractivity contribution in [2.75, 3.05) is 0 Å². The number of sulfone groups is 1.